The summed E-state index contributed by atoms with van der Waals surface area (Å²) in [5.74, 6) is 0.854. The van der Waals surface area contributed by atoms with Crippen LogP contribution in [0.1, 0.15) is 18.2 Å². The molecule has 0 spiro atoms. The van der Waals surface area contributed by atoms with E-state index in [0.717, 1.165) is 28.2 Å². The second-order valence-corrected chi connectivity index (χ2v) is 5.22. The third-order valence-corrected chi connectivity index (χ3v) is 3.24. The molecule has 0 aliphatic carbocycles. The molecule has 3 N–H and O–H groups in total. The largest absolute Gasteiger partial charge is 0.394 e. The number of nitrogens with zero attached hydrogens (tertiary/aromatic N) is 2. The van der Waals surface area contributed by atoms with Gasteiger partial charge >= 0.3 is 0 Å². The number of benzene rings is 1. The molecule has 1 aromatic heterocycles. The van der Waals surface area contributed by atoms with E-state index in [1.165, 1.54) is 5.56 Å². The third-order valence-electron chi connectivity index (χ3n) is 2.78. The van der Waals surface area contributed by atoms with Crippen molar-refractivity contribution < 1.29 is 0 Å². The summed E-state index contributed by atoms with van der Waals surface area (Å²) in [5, 5.41) is 7.73. The van der Waals surface area contributed by atoms with Crippen molar-refractivity contribution in [1.82, 2.24) is 9.78 Å². The molecule has 1 heterocycles. The van der Waals surface area contributed by atoms with Crippen molar-refractivity contribution in [3.05, 3.63) is 33.9 Å². The van der Waals surface area contributed by atoms with Gasteiger partial charge in [0, 0.05) is 16.7 Å². The van der Waals surface area contributed by atoms with Gasteiger partial charge in [-0.3, -0.25) is 0 Å². The van der Waals surface area contributed by atoms with Crippen molar-refractivity contribution in [1.29, 1.82) is 0 Å². The number of aromatic nitrogens is 2. The van der Waals surface area contributed by atoms with Gasteiger partial charge in [0.1, 0.15) is 0 Å². The van der Waals surface area contributed by atoms with Crippen LogP contribution in [0.5, 0.6) is 0 Å². The van der Waals surface area contributed by atoms with Crippen LogP contribution in [0.3, 0.4) is 0 Å². The quantitative estimate of drug-likeness (QED) is 0.910. The summed E-state index contributed by atoms with van der Waals surface area (Å²) < 4.78 is 2.92. The normalized spacial score (nSPS) is 10.7. The van der Waals surface area contributed by atoms with Gasteiger partial charge in [-0.1, -0.05) is 15.9 Å². The van der Waals surface area contributed by atoms with Gasteiger partial charge in [0.2, 0.25) is 0 Å². The van der Waals surface area contributed by atoms with Crippen LogP contribution in [0.2, 0.25) is 0 Å². The Hall–Kier alpha value is -1.49. The lowest BCUT2D eigenvalue weighted by Gasteiger charge is -2.10. The summed E-state index contributed by atoms with van der Waals surface area (Å²) in [5.41, 5.74) is 9.79. The summed E-state index contributed by atoms with van der Waals surface area (Å²) in [6, 6.07) is 6.16. The van der Waals surface area contributed by atoms with E-state index in [1.54, 1.807) is 0 Å². The SMILES string of the molecule is CCn1nc(C)c(N)c1Nc1cc(C)cc(Br)c1. The van der Waals surface area contributed by atoms with E-state index in [4.69, 9.17) is 5.73 Å². The van der Waals surface area contributed by atoms with Gasteiger partial charge in [-0.15, -0.1) is 0 Å². The third kappa shape index (κ3) is 2.51. The minimum Gasteiger partial charge on any atom is -0.394 e. The molecule has 0 aliphatic heterocycles. The molecule has 0 bridgehead atoms. The predicted molar refractivity (Wildman–Crippen MR) is 79.2 cm³/mol. The second-order valence-electron chi connectivity index (χ2n) is 4.31. The molecule has 0 saturated carbocycles. The van der Waals surface area contributed by atoms with Crippen LogP contribution in [0, 0.1) is 13.8 Å². The first-order chi connectivity index (χ1) is 8.51. The maximum absolute atomic E-state index is 6.05. The Balaban J connectivity index is 2.39. The lowest BCUT2D eigenvalue weighted by atomic mass is 10.2. The molecule has 18 heavy (non-hydrogen) atoms. The topological polar surface area (TPSA) is 55.9 Å². The molecule has 0 atom stereocenters. The molecule has 0 saturated heterocycles. The van der Waals surface area contributed by atoms with Gasteiger partial charge in [0.25, 0.3) is 0 Å². The zero-order chi connectivity index (χ0) is 13.3. The molecule has 0 unspecified atom stereocenters. The molecule has 96 valence electrons. The van der Waals surface area contributed by atoms with E-state index in [2.05, 4.69) is 45.4 Å². The average molecular weight is 309 g/mol. The minimum absolute atomic E-state index is 0.703. The van der Waals surface area contributed by atoms with E-state index < -0.39 is 0 Å². The number of hydrogen-bond donors (Lipinski definition) is 2. The molecule has 0 fully saturated rings. The van der Waals surface area contributed by atoms with Crippen molar-refractivity contribution in [3.8, 4) is 0 Å². The fourth-order valence-electron chi connectivity index (χ4n) is 1.90. The van der Waals surface area contributed by atoms with Crippen molar-refractivity contribution in [2.75, 3.05) is 11.1 Å². The van der Waals surface area contributed by atoms with Crippen LogP contribution in [0.15, 0.2) is 22.7 Å². The zero-order valence-corrected chi connectivity index (χ0v) is 12.4. The summed E-state index contributed by atoms with van der Waals surface area (Å²) in [7, 11) is 0. The molecule has 1 aromatic carbocycles. The Bertz CT molecular complexity index is 554. The summed E-state index contributed by atoms with van der Waals surface area (Å²) in [6.07, 6.45) is 0. The Kier molecular flexibility index (Phi) is 3.61. The van der Waals surface area contributed by atoms with Gasteiger partial charge in [0.05, 0.1) is 11.4 Å². The highest BCUT2D eigenvalue weighted by molar-refractivity contribution is 9.10. The molecular weight excluding hydrogens is 292 g/mol. The van der Waals surface area contributed by atoms with Gasteiger partial charge in [-0.05, 0) is 44.5 Å². The summed E-state index contributed by atoms with van der Waals surface area (Å²) >= 11 is 3.49. The van der Waals surface area contributed by atoms with Crippen LogP contribution in [0.25, 0.3) is 0 Å². The number of halogens is 1. The van der Waals surface area contributed by atoms with Crippen molar-refractivity contribution >= 4 is 33.1 Å². The highest BCUT2D eigenvalue weighted by Crippen LogP contribution is 2.28. The zero-order valence-electron chi connectivity index (χ0n) is 10.8. The Morgan fingerprint density at radius 1 is 1.33 bits per heavy atom. The smallest absolute Gasteiger partial charge is 0.152 e. The second kappa shape index (κ2) is 5.02. The highest BCUT2D eigenvalue weighted by Gasteiger charge is 2.11. The number of nitrogens with one attached hydrogen (secondary N) is 1. The lowest BCUT2D eigenvalue weighted by molar-refractivity contribution is 0.661. The Morgan fingerprint density at radius 3 is 2.67 bits per heavy atom. The van der Waals surface area contributed by atoms with Gasteiger partial charge in [-0.25, -0.2) is 4.68 Å². The summed E-state index contributed by atoms with van der Waals surface area (Å²) in [6.45, 7) is 6.80. The van der Waals surface area contributed by atoms with Crippen molar-refractivity contribution in [2.45, 2.75) is 27.3 Å². The summed E-state index contributed by atoms with van der Waals surface area (Å²) in [4.78, 5) is 0. The molecule has 2 rings (SSSR count). The first kappa shape index (κ1) is 13.0. The minimum atomic E-state index is 0.703. The number of rotatable bonds is 3. The van der Waals surface area contributed by atoms with E-state index in [9.17, 15) is 0 Å². The molecule has 0 aliphatic rings. The predicted octanol–water partition coefficient (Wildman–Crippen LogP) is 3.61. The van der Waals surface area contributed by atoms with Crippen LogP contribution in [-0.4, -0.2) is 9.78 Å². The Labute approximate surface area is 115 Å². The maximum atomic E-state index is 6.05. The van der Waals surface area contributed by atoms with E-state index in [-0.39, 0.29) is 0 Å². The number of aryl methyl sites for hydroxylation is 3. The van der Waals surface area contributed by atoms with Gasteiger partial charge < -0.3 is 11.1 Å². The Morgan fingerprint density at radius 2 is 2.06 bits per heavy atom. The fraction of sp³-hybridized carbons (Fsp3) is 0.308. The number of hydrogen-bond acceptors (Lipinski definition) is 3. The van der Waals surface area contributed by atoms with E-state index in [0.29, 0.717) is 5.69 Å². The van der Waals surface area contributed by atoms with Crippen LogP contribution in [0.4, 0.5) is 17.2 Å². The maximum Gasteiger partial charge on any atom is 0.152 e. The van der Waals surface area contributed by atoms with Crippen LogP contribution >= 0.6 is 15.9 Å². The highest BCUT2D eigenvalue weighted by atomic mass is 79.9. The molecule has 4 nitrogen and oxygen atoms in total. The van der Waals surface area contributed by atoms with Crippen LogP contribution < -0.4 is 11.1 Å². The monoisotopic (exact) mass is 308 g/mol. The first-order valence-corrected chi connectivity index (χ1v) is 6.67. The number of anilines is 3. The molecule has 0 radical (unpaired) electrons. The standard InChI is InChI=1S/C13H17BrN4/c1-4-18-13(12(15)9(3)17-18)16-11-6-8(2)5-10(14)7-11/h5-7,16H,4,15H2,1-3H3. The number of nitrogens with two attached hydrogens (primary N) is 1. The van der Waals surface area contributed by atoms with Crippen LogP contribution in [-0.2, 0) is 6.54 Å². The van der Waals surface area contributed by atoms with E-state index >= 15 is 0 Å². The van der Waals surface area contributed by atoms with Crippen molar-refractivity contribution in [2.24, 2.45) is 0 Å². The average Bonchev–Trinajstić information content (AvgIpc) is 2.55. The first-order valence-electron chi connectivity index (χ1n) is 5.88. The van der Waals surface area contributed by atoms with E-state index in [1.807, 2.05) is 24.6 Å². The number of nitrogen functional groups attached to an aromatic ring is 1. The molecule has 5 heteroatoms. The van der Waals surface area contributed by atoms with Gasteiger partial charge in [0.15, 0.2) is 5.82 Å². The van der Waals surface area contributed by atoms with Gasteiger partial charge in [-0.2, -0.15) is 5.10 Å². The lowest BCUT2D eigenvalue weighted by Crippen LogP contribution is -2.04. The molecular formula is C13H17BrN4. The molecule has 2 aromatic rings. The van der Waals surface area contributed by atoms with Crippen molar-refractivity contribution in [3.63, 3.8) is 0 Å². The molecule has 0 amide bonds. The fourth-order valence-corrected chi connectivity index (χ4v) is 2.51.